The Balaban J connectivity index is 1.42. The number of benzene rings is 3. The van der Waals surface area contributed by atoms with E-state index in [1.54, 1.807) is 0 Å². The lowest BCUT2D eigenvalue weighted by atomic mass is 10.1. The van der Waals surface area contributed by atoms with Gasteiger partial charge in [-0.1, -0.05) is 60.7 Å². The van der Waals surface area contributed by atoms with Crippen molar-refractivity contribution in [3.8, 4) is 0 Å². The Kier molecular flexibility index (Phi) is 8.05. The third kappa shape index (κ3) is 7.03. The van der Waals surface area contributed by atoms with E-state index in [0.717, 1.165) is 16.7 Å². The second-order valence-electron chi connectivity index (χ2n) is 7.07. The summed E-state index contributed by atoms with van der Waals surface area (Å²) >= 11 is 0. The molecule has 8 heteroatoms. The van der Waals surface area contributed by atoms with E-state index in [0.29, 0.717) is 19.8 Å². The molecule has 0 bridgehead atoms. The molecule has 0 fully saturated rings. The van der Waals surface area contributed by atoms with Crippen LogP contribution < -0.4 is 10.6 Å². The molecule has 32 heavy (non-hydrogen) atoms. The van der Waals surface area contributed by atoms with Crippen LogP contribution in [-0.4, -0.2) is 23.3 Å². The van der Waals surface area contributed by atoms with Crippen LogP contribution in [0.25, 0.3) is 0 Å². The maximum absolute atomic E-state index is 12.1. The zero-order chi connectivity index (χ0) is 22.8. The van der Waals surface area contributed by atoms with Gasteiger partial charge in [-0.25, -0.2) is 0 Å². The summed E-state index contributed by atoms with van der Waals surface area (Å²) in [4.78, 5) is 34.4. The van der Waals surface area contributed by atoms with E-state index >= 15 is 0 Å². The van der Waals surface area contributed by atoms with E-state index in [-0.39, 0.29) is 23.7 Å². The molecule has 0 saturated carbocycles. The number of nitro groups is 1. The van der Waals surface area contributed by atoms with Crippen molar-refractivity contribution < 1.29 is 19.2 Å². The van der Waals surface area contributed by atoms with Gasteiger partial charge in [0.25, 0.3) is 11.6 Å². The summed E-state index contributed by atoms with van der Waals surface area (Å²) in [5, 5.41) is 16.0. The number of ether oxygens (including phenoxy) is 1. The minimum absolute atomic E-state index is 0.121. The van der Waals surface area contributed by atoms with Gasteiger partial charge in [0.2, 0.25) is 5.91 Å². The molecule has 0 saturated heterocycles. The molecule has 0 atom stereocenters. The molecular weight excluding hydrogens is 410 g/mol. The number of rotatable bonds is 10. The van der Waals surface area contributed by atoms with Crippen molar-refractivity contribution in [2.75, 3.05) is 6.54 Å². The van der Waals surface area contributed by atoms with Crippen LogP contribution in [0.2, 0.25) is 0 Å². The predicted octanol–water partition coefficient (Wildman–Crippen LogP) is 3.36. The van der Waals surface area contributed by atoms with E-state index in [1.165, 1.54) is 24.3 Å². The first-order valence-corrected chi connectivity index (χ1v) is 10.00. The zero-order valence-electron chi connectivity index (χ0n) is 17.3. The molecule has 3 aromatic rings. The maximum Gasteiger partial charge on any atom is 0.270 e. The van der Waals surface area contributed by atoms with Gasteiger partial charge < -0.3 is 15.4 Å². The van der Waals surface area contributed by atoms with E-state index in [1.807, 2.05) is 54.6 Å². The van der Waals surface area contributed by atoms with Crippen LogP contribution in [0.3, 0.4) is 0 Å². The van der Waals surface area contributed by atoms with Gasteiger partial charge in [-0.2, -0.15) is 0 Å². The standard InChI is InChI=1S/C24H23N3O5/c28-23(15-26-24(29)21-10-5-11-22(13-21)27(30)31)25-14-19-8-4-9-20(12-19)17-32-16-18-6-2-1-3-7-18/h1-13H,14-17H2,(H,25,28)(H,26,29). The van der Waals surface area contributed by atoms with Crippen LogP contribution >= 0.6 is 0 Å². The second-order valence-corrected chi connectivity index (χ2v) is 7.07. The summed E-state index contributed by atoms with van der Waals surface area (Å²) in [5.74, 6) is -0.920. The highest BCUT2D eigenvalue weighted by Gasteiger charge is 2.12. The van der Waals surface area contributed by atoms with Gasteiger partial charge in [-0.05, 0) is 22.8 Å². The van der Waals surface area contributed by atoms with Crippen LogP contribution in [-0.2, 0) is 29.3 Å². The van der Waals surface area contributed by atoms with E-state index in [2.05, 4.69) is 10.6 Å². The maximum atomic E-state index is 12.1. The highest BCUT2D eigenvalue weighted by molar-refractivity contribution is 5.96. The molecule has 3 aromatic carbocycles. The highest BCUT2D eigenvalue weighted by Crippen LogP contribution is 2.13. The topological polar surface area (TPSA) is 111 Å². The molecule has 8 nitrogen and oxygen atoms in total. The Hall–Kier alpha value is -4.04. The van der Waals surface area contributed by atoms with E-state index in [9.17, 15) is 19.7 Å². The number of hydrogen-bond donors (Lipinski definition) is 2. The highest BCUT2D eigenvalue weighted by atomic mass is 16.6. The van der Waals surface area contributed by atoms with Crippen molar-refractivity contribution >= 4 is 17.5 Å². The first-order chi connectivity index (χ1) is 15.5. The van der Waals surface area contributed by atoms with Gasteiger partial charge in [0.15, 0.2) is 0 Å². The molecule has 0 aliphatic rings. The SMILES string of the molecule is O=C(CNC(=O)c1cccc([N+](=O)[O-])c1)NCc1cccc(COCc2ccccc2)c1. The number of non-ortho nitro benzene ring substituents is 1. The van der Waals surface area contributed by atoms with Gasteiger partial charge in [0, 0.05) is 24.2 Å². The Morgan fingerprint density at radius 2 is 1.50 bits per heavy atom. The lowest BCUT2D eigenvalue weighted by Gasteiger charge is -2.09. The van der Waals surface area contributed by atoms with Crippen molar-refractivity contribution in [3.05, 3.63) is 111 Å². The Morgan fingerprint density at radius 1 is 0.812 bits per heavy atom. The van der Waals surface area contributed by atoms with Gasteiger partial charge in [-0.15, -0.1) is 0 Å². The first-order valence-electron chi connectivity index (χ1n) is 10.00. The van der Waals surface area contributed by atoms with E-state index < -0.39 is 10.8 Å². The van der Waals surface area contributed by atoms with Crippen molar-refractivity contribution in [1.29, 1.82) is 0 Å². The fraction of sp³-hybridized carbons (Fsp3) is 0.167. The lowest BCUT2D eigenvalue weighted by molar-refractivity contribution is -0.384. The van der Waals surface area contributed by atoms with Crippen LogP contribution in [0.1, 0.15) is 27.0 Å². The molecule has 2 N–H and O–H groups in total. The van der Waals surface area contributed by atoms with E-state index in [4.69, 9.17) is 4.74 Å². The normalized spacial score (nSPS) is 10.4. The fourth-order valence-corrected chi connectivity index (χ4v) is 2.98. The fourth-order valence-electron chi connectivity index (χ4n) is 2.98. The molecule has 0 heterocycles. The third-order valence-corrected chi connectivity index (χ3v) is 4.59. The monoisotopic (exact) mass is 433 g/mol. The molecule has 0 radical (unpaired) electrons. The summed E-state index contributed by atoms with van der Waals surface area (Å²) < 4.78 is 5.74. The van der Waals surface area contributed by atoms with Crippen LogP contribution in [0.15, 0.2) is 78.9 Å². The molecule has 2 amide bonds. The summed E-state index contributed by atoms with van der Waals surface area (Å²) in [6, 6.07) is 22.9. The van der Waals surface area contributed by atoms with Gasteiger partial charge in [0.05, 0.1) is 24.7 Å². The van der Waals surface area contributed by atoms with Gasteiger partial charge >= 0.3 is 0 Å². The Labute approximate surface area is 185 Å². The van der Waals surface area contributed by atoms with Crippen molar-refractivity contribution in [1.82, 2.24) is 10.6 Å². The van der Waals surface area contributed by atoms with Crippen molar-refractivity contribution in [2.24, 2.45) is 0 Å². The first kappa shape index (κ1) is 22.6. The van der Waals surface area contributed by atoms with Crippen molar-refractivity contribution in [3.63, 3.8) is 0 Å². The summed E-state index contributed by atoms with van der Waals surface area (Å²) in [6.07, 6.45) is 0. The molecule has 0 spiro atoms. The molecule has 164 valence electrons. The van der Waals surface area contributed by atoms with Crippen LogP contribution in [0.4, 0.5) is 5.69 Å². The number of nitro benzene ring substituents is 1. The van der Waals surface area contributed by atoms with Gasteiger partial charge in [-0.3, -0.25) is 19.7 Å². The molecule has 0 aromatic heterocycles. The smallest absolute Gasteiger partial charge is 0.270 e. The minimum atomic E-state index is -0.579. The number of carbonyl (C=O) groups excluding carboxylic acids is 2. The van der Waals surface area contributed by atoms with Crippen LogP contribution in [0, 0.1) is 10.1 Å². The average Bonchev–Trinajstić information content (AvgIpc) is 2.82. The minimum Gasteiger partial charge on any atom is -0.372 e. The number of carbonyl (C=O) groups is 2. The lowest BCUT2D eigenvalue weighted by Crippen LogP contribution is -2.36. The quantitative estimate of drug-likeness (QED) is 0.376. The molecule has 0 aliphatic heterocycles. The molecule has 0 aliphatic carbocycles. The number of hydrogen-bond acceptors (Lipinski definition) is 5. The largest absolute Gasteiger partial charge is 0.372 e. The predicted molar refractivity (Wildman–Crippen MR) is 119 cm³/mol. The molecular formula is C24H23N3O5. The summed E-state index contributed by atoms with van der Waals surface area (Å²) in [7, 11) is 0. The number of amides is 2. The van der Waals surface area contributed by atoms with Crippen LogP contribution in [0.5, 0.6) is 0 Å². The molecule has 0 unspecified atom stereocenters. The van der Waals surface area contributed by atoms with Gasteiger partial charge in [0.1, 0.15) is 0 Å². The molecule has 3 rings (SSSR count). The third-order valence-electron chi connectivity index (χ3n) is 4.59. The second kappa shape index (κ2) is 11.4. The summed E-state index contributed by atoms with van der Waals surface area (Å²) in [6.45, 7) is 1.04. The Morgan fingerprint density at radius 3 is 2.28 bits per heavy atom. The zero-order valence-corrected chi connectivity index (χ0v) is 17.3. The summed E-state index contributed by atoms with van der Waals surface area (Å²) in [5.41, 5.74) is 2.93. The Bertz CT molecular complexity index is 1090. The number of nitrogens with zero attached hydrogens (tertiary/aromatic N) is 1. The average molecular weight is 433 g/mol. The number of nitrogens with one attached hydrogen (secondary N) is 2. The van der Waals surface area contributed by atoms with Crippen molar-refractivity contribution in [2.45, 2.75) is 19.8 Å².